The van der Waals surface area contributed by atoms with E-state index in [0.717, 1.165) is 25.4 Å². The molecule has 1 N–H and O–H groups in total. The summed E-state index contributed by atoms with van der Waals surface area (Å²) in [6.45, 7) is 3.04. The highest BCUT2D eigenvalue weighted by Gasteiger charge is 2.19. The molecule has 0 aromatic heterocycles. The van der Waals surface area contributed by atoms with E-state index in [1.54, 1.807) is 6.07 Å². The van der Waals surface area contributed by atoms with Crippen LogP contribution in [0, 0.1) is 5.82 Å². The Bertz CT molecular complexity index is 395. The van der Waals surface area contributed by atoms with Crippen LogP contribution in [0.25, 0.3) is 0 Å². The van der Waals surface area contributed by atoms with Gasteiger partial charge in [0, 0.05) is 12.1 Å². The Kier molecular flexibility index (Phi) is 4.84. The fourth-order valence-electron chi connectivity index (χ4n) is 1.82. The third kappa shape index (κ3) is 4.46. The van der Waals surface area contributed by atoms with Gasteiger partial charge in [-0.3, -0.25) is 0 Å². The minimum Gasteiger partial charge on any atom is -0.491 e. The maximum absolute atomic E-state index is 13.2. The SMILES string of the molecule is CC(CCCNC1CC1)Oc1ccc(Cl)c(F)c1. The smallest absolute Gasteiger partial charge is 0.145 e. The van der Waals surface area contributed by atoms with E-state index in [-0.39, 0.29) is 11.1 Å². The van der Waals surface area contributed by atoms with Crippen molar-refractivity contribution >= 4 is 11.6 Å². The van der Waals surface area contributed by atoms with Gasteiger partial charge in [-0.05, 0) is 51.3 Å². The normalized spacial score (nSPS) is 16.6. The molecule has 0 spiro atoms. The first-order valence-electron chi connectivity index (χ1n) is 6.50. The number of nitrogens with one attached hydrogen (secondary N) is 1. The maximum Gasteiger partial charge on any atom is 0.145 e. The van der Waals surface area contributed by atoms with Crippen molar-refractivity contribution < 1.29 is 9.13 Å². The van der Waals surface area contributed by atoms with Gasteiger partial charge < -0.3 is 10.1 Å². The quantitative estimate of drug-likeness (QED) is 0.762. The van der Waals surface area contributed by atoms with Gasteiger partial charge in [0.05, 0.1) is 11.1 Å². The van der Waals surface area contributed by atoms with Crippen molar-refractivity contribution in [3.8, 4) is 5.75 Å². The Morgan fingerprint density at radius 1 is 1.50 bits per heavy atom. The lowest BCUT2D eigenvalue weighted by molar-refractivity contribution is 0.206. The first-order valence-corrected chi connectivity index (χ1v) is 6.88. The highest BCUT2D eigenvalue weighted by atomic mass is 35.5. The van der Waals surface area contributed by atoms with E-state index in [9.17, 15) is 4.39 Å². The van der Waals surface area contributed by atoms with Gasteiger partial charge in [-0.25, -0.2) is 4.39 Å². The molecule has 2 nitrogen and oxygen atoms in total. The second-order valence-corrected chi connectivity index (χ2v) is 5.28. The van der Waals surface area contributed by atoms with E-state index in [4.69, 9.17) is 16.3 Å². The molecule has 1 fully saturated rings. The number of hydrogen-bond donors (Lipinski definition) is 1. The molecule has 18 heavy (non-hydrogen) atoms. The second kappa shape index (κ2) is 6.39. The van der Waals surface area contributed by atoms with Crippen molar-refractivity contribution in [1.29, 1.82) is 0 Å². The lowest BCUT2D eigenvalue weighted by Crippen LogP contribution is -2.20. The summed E-state index contributed by atoms with van der Waals surface area (Å²) in [4.78, 5) is 0. The molecule has 0 bridgehead atoms. The highest BCUT2D eigenvalue weighted by molar-refractivity contribution is 6.30. The van der Waals surface area contributed by atoms with Gasteiger partial charge in [-0.15, -0.1) is 0 Å². The van der Waals surface area contributed by atoms with E-state index in [0.29, 0.717) is 5.75 Å². The molecule has 1 aromatic rings. The number of rotatable bonds is 7. The van der Waals surface area contributed by atoms with E-state index >= 15 is 0 Å². The fraction of sp³-hybridized carbons (Fsp3) is 0.571. The van der Waals surface area contributed by atoms with Gasteiger partial charge in [0.25, 0.3) is 0 Å². The second-order valence-electron chi connectivity index (χ2n) is 4.88. The fourth-order valence-corrected chi connectivity index (χ4v) is 1.94. The van der Waals surface area contributed by atoms with Crippen LogP contribution in [0.3, 0.4) is 0 Å². The van der Waals surface area contributed by atoms with Crippen LogP contribution < -0.4 is 10.1 Å². The van der Waals surface area contributed by atoms with Crippen molar-refractivity contribution in [3.05, 3.63) is 29.0 Å². The molecule has 0 aliphatic heterocycles. The average Bonchev–Trinajstić information content (AvgIpc) is 3.14. The van der Waals surface area contributed by atoms with E-state index in [1.807, 2.05) is 6.92 Å². The van der Waals surface area contributed by atoms with E-state index < -0.39 is 5.82 Å². The summed E-state index contributed by atoms with van der Waals surface area (Å²) < 4.78 is 18.9. The van der Waals surface area contributed by atoms with Crippen LogP contribution in [0.15, 0.2) is 18.2 Å². The monoisotopic (exact) mass is 271 g/mol. The molecule has 0 saturated heterocycles. The van der Waals surface area contributed by atoms with Gasteiger partial charge >= 0.3 is 0 Å². The maximum atomic E-state index is 13.2. The Morgan fingerprint density at radius 2 is 2.28 bits per heavy atom. The average molecular weight is 272 g/mol. The summed E-state index contributed by atoms with van der Waals surface area (Å²) in [5.74, 6) is 0.108. The Labute approximate surface area is 112 Å². The molecule has 0 amide bonds. The van der Waals surface area contributed by atoms with Crippen LogP contribution >= 0.6 is 11.6 Å². The number of benzene rings is 1. The first kappa shape index (κ1) is 13.6. The zero-order chi connectivity index (χ0) is 13.0. The standard InChI is InChI=1S/C14H19ClFNO/c1-10(3-2-8-17-11-4-5-11)18-12-6-7-13(15)14(16)9-12/h6-7,9-11,17H,2-5,8H2,1H3. The van der Waals surface area contributed by atoms with Crippen LogP contribution in [0.5, 0.6) is 5.75 Å². The van der Waals surface area contributed by atoms with Crippen molar-refractivity contribution in [2.45, 2.75) is 44.8 Å². The van der Waals surface area contributed by atoms with E-state index in [1.165, 1.54) is 25.0 Å². The molecule has 1 atom stereocenters. The number of hydrogen-bond acceptors (Lipinski definition) is 2. The van der Waals surface area contributed by atoms with Crippen LogP contribution in [0.4, 0.5) is 4.39 Å². The molecule has 1 unspecified atom stereocenters. The van der Waals surface area contributed by atoms with Gasteiger partial charge in [0.1, 0.15) is 11.6 Å². The molecular formula is C14H19ClFNO. The lowest BCUT2D eigenvalue weighted by atomic mass is 10.2. The van der Waals surface area contributed by atoms with Crippen molar-refractivity contribution in [3.63, 3.8) is 0 Å². The Hall–Kier alpha value is -0.800. The van der Waals surface area contributed by atoms with Crippen LogP contribution in [-0.2, 0) is 0 Å². The van der Waals surface area contributed by atoms with Gasteiger partial charge in [-0.2, -0.15) is 0 Å². The predicted molar refractivity (Wildman–Crippen MR) is 71.8 cm³/mol. The molecule has 1 aliphatic carbocycles. The molecule has 1 aromatic carbocycles. The molecular weight excluding hydrogens is 253 g/mol. The molecule has 1 aliphatic rings. The van der Waals surface area contributed by atoms with E-state index in [2.05, 4.69) is 5.32 Å². The first-order chi connectivity index (χ1) is 8.65. The summed E-state index contributed by atoms with van der Waals surface area (Å²) in [6.07, 6.45) is 4.76. The van der Waals surface area contributed by atoms with Crippen molar-refractivity contribution in [2.75, 3.05) is 6.54 Å². The van der Waals surface area contributed by atoms with Gasteiger partial charge in [0.2, 0.25) is 0 Å². The highest BCUT2D eigenvalue weighted by Crippen LogP contribution is 2.22. The third-order valence-electron chi connectivity index (χ3n) is 3.03. The topological polar surface area (TPSA) is 21.3 Å². The number of ether oxygens (including phenoxy) is 1. The third-order valence-corrected chi connectivity index (χ3v) is 3.33. The van der Waals surface area contributed by atoms with Gasteiger partial charge in [0.15, 0.2) is 0 Å². The van der Waals surface area contributed by atoms with Gasteiger partial charge in [-0.1, -0.05) is 11.6 Å². The Morgan fingerprint density at radius 3 is 2.94 bits per heavy atom. The zero-order valence-corrected chi connectivity index (χ0v) is 11.3. The molecule has 0 radical (unpaired) electrons. The Balaban J connectivity index is 1.68. The van der Waals surface area contributed by atoms with Crippen LogP contribution in [-0.4, -0.2) is 18.7 Å². The van der Waals surface area contributed by atoms with Crippen LogP contribution in [0.2, 0.25) is 5.02 Å². The lowest BCUT2D eigenvalue weighted by Gasteiger charge is -2.15. The molecule has 2 rings (SSSR count). The summed E-state index contributed by atoms with van der Waals surface area (Å²) in [5.41, 5.74) is 0. The molecule has 4 heteroatoms. The largest absolute Gasteiger partial charge is 0.491 e. The zero-order valence-electron chi connectivity index (χ0n) is 10.6. The molecule has 1 saturated carbocycles. The van der Waals surface area contributed by atoms with Crippen molar-refractivity contribution in [1.82, 2.24) is 5.32 Å². The predicted octanol–water partition coefficient (Wildman–Crippen LogP) is 3.78. The minimum absolute atomic E-state index is 0.0894. The minimum atomic E-state index is -0.434. The molecule has 0 heterocycles. The summed E-state index contributed by atoms with van der Waals surface area (Å²) in [5, 5.41) is 3.59. The molecule has 100 valence electrons. The van der Waals surface area contributed by atoms with Crippen molar-refractivity contribution in [2.24, 2.45) is 0 Å². The summed E-state index contributed by atoms with van der Waals surface area (Å²) >= 11 is 5.62. The number of halogens is 2. The van der Waals surface area contributed by atoms with Crippen LogP contribution in [0.1, 0.15) is 32.6 Å². The summed E-state index contributed by atoms with van der Waals surface area (Å²) in [6, 6.07) is 5.31. The summed E-state index contributed by atoms with van der Waals surface area (Å²) in [7, 11) is 0.